The Bertz CT molecular complexity index is 551. The van der Waals surface area contributed by atoms with Gasteiger partial charge in [-0.1, -0.05) is 37.3 Å². The van der Waals surface area contributed by atoms with Gasteiger partial charge in [-0.05, 0) is 31.2 Å². The SMILES string of the molecule is CCNC(=NCC(C)C(=O)OC)N1CCC(Cc2ccccc2)C1.I. The van der Waals surface area contributed by atoms with Crippen LogP contribution in [0.1, 0.15) is 25.8 Å². The van der Waals surface area contributed by atoms with Gasteiger partial charge in [0.2, 0.25) is 0 Å². The number of likely N-dealkylation sites (tertiary alicyclic amines) is 1. The predicted octanol–water partition coefficient (Wildman–Crippen LogP) is 2.94. The van der Waals surface area contributed by atoms with Crippen molar-refractivity contribution < 1.29 is 9.53 Å². The summed E-state index contributed by atoms with van der Waals surface area (Å²) in [5.41, 5.74) is 1.39. The Morgan fingerprint density at radius 2 is 2.12 bits per heavy atom. The maximum absolute atomic E-state index is 11.5. The van der Waals surface area contributed by atoms with Crippen molar-refractivity contribution in [2.24, 2.45) is 16.8 Å². The van der Waals surface area contributed by atoms with Crippen LogP contribution in [0, 0.1) is 11.8 Å². The molecule has 0 saturated carbocycles. The van der Waals surface area contributed by atoms with E-state index in [2.05, 4.69) is 52.5 Å². The lowest BCUT2D eigenvalue weighted by molar-refractivity contribution is -0.144. The largest absolute Gasteiger partial charge is 0.469 e. The Labute approximate surface area is 168 Å². The first-order chi connectivity index (χ1) is 11.6. The molecule has 1 aromatic rings. The minimum absolute atomic E-state index is 0. The highest BCUT2D eigenvalue weighted by molar-refractivity contribution is 14.0. The number of hydrogen-bond acceptors (Lipinski definition) is 3. The Morgan fingerprint density at radius 1 is 1.40 bits per heavy atom. The number of aliphatic imine (C=N–C) groups is 1. The highest BCUT2D eigenvalue weighted by atomic mass is 127. The first-order valence-corrected chi connectivity index (χ1v) is 8.79. The van der Waals surface area contributed by atoms with E-state index in [9.17, 15) is 4.79 Å². The smallest absolute Gasteiger partial charge is 0.310 e. The van der Waals surface area contributed by atoms with E-state index in [0.29, 0.717) is 12.5 Å². The molecule has 1 aliphatic rings. The summed E-state index contributed by atoms with van der Waals surface area (Å²) in [5, 5.41) is 3.35. The molecule has 1 N–H and O–H groups in total. The second-order valence-electron chi connectivity index (χ2n) is 6.41. The molecule has 0 aliphatic carbocycles. The molecule has 0 amide bonds. The number of hydrogen-bond donors (Lipinski definition) is 1. The summed E-state index contributed by atoms with van der Waals surface area (Å²) >= 11 is 0. The van der Waals surface area contributed by atoms with Gasteiger partial charge in [0.25, 0.3) is 0 Å². The van der Waals surface area contributed by atoms with E-state index in [0.717, 1.165) is 32.0 Å². The van der Waals surface area contributed by atoms with Crippen molar-refractivity contribution in [2.45, 2.75) is 26.7 Å². The summed E-state index contributed by atoms with van der Waals surface area (Å²) in [4.78, 5) is 18.5. The number of methoxy groups -OCH3 is 1. The molecule has 2 rings (SSSR count). The Kier molecular flexibility index (Phi) is 9.85. The zero-order valence-electron chi connectivity index (χ0n) is 15.4. The number of esters is 1. The Morgan fingerprint density at radius 3 is 2.76 bits per heavy atom. The zero-order chi connectivity index (χ0) is 17.4. The minimum atomic E-state index is -0.216. The maximum atomic E-state index is 11.5. The standard InChI is InChI=1S/C19H29N3O2.HI/c1-4-20-19(21-13-15(2)18(23)24-3)22-11-10-17(14-22)12-16-8-6-5-7-9-16;/h5-9,15,17H,4,10-14H2,1-3H3,(H,20,21);1H. The van der Waals surface area contributed by atoms with Gasteiger partial charge in [0.1, 0.15) is 0 Å². The van der Waals surface area contributed by atoms with Gasteiger partial charge in [0.15, 0.2) is 5.96 Å². The first kappa shape index (κ1) is 21.7. The number of benzene rings is 1. The third kappa shape index (κ3) is 6.84. The molecule has 1 heterocycles. The summed E-state index contributed by atoms with van der Waals surface area (Å²) in [6.07, 6.45) is 2.28. The van der Waals surface area contributed by atoms with E-state index in [4.69, 9.17) is 4.74 Å². The molecule has 0 spiro atoms. The molecule has 2 atom stereocenters. The number of guanidine groups is 1. The van der Waals surface area contributed by atoms with Gasteiger partial charge in [-0.2, -0.15) is 0 Å². The molecular weight excluding hydrogens is 429 g/mol. The molecule has 0 aromatic heterocycles. The summed E-state index contributed by atoms with van der Waals surface area (Å²) < 4.78 is 4.77. The fraction of sp³-hybridized carbons (Fsp3) is 0.579. The van der Waals surface area contributed by atoms with Crippen molar-refractivity contribution >= 4 is 35.9 Å². The summed E-state index contributed by atoms with van der Waals surface area (Å²) in [6.45, 7) is 7.21. The molecule has 0 bridgehead atoms. The highest BCUT2D eigenvalue weighted by Crippen LogP contribution is 2.21. The summed E-state index contributed by atoms with van der Waals surface area (Å²) in [7, 11) is 1.42. The molecule has 1 saturated heterocycles. The Balaban J connectivity index is 0.00000312. The third-order valence-corrected chi connectivity index (χ3v) is 4.41. The second-order valence-corrected chi connectivity index (χ2v) is 6.41. The fourth-order valence-electron chi connectivity index (χ4n) is 3.06. The van der Waals surface area contributed by atoms with Crippen LogP contribution in [0.25, 0.3) is 0 Å². The van der Waals surface area contributed by atoms with Gasteiger partial charge < -0.3 is 15.0 Å². The molecule has 2 unspecified atom stereocenters. The molecule has 140 valence electrons. The summed E-state index contributed by atoms with van der Waals surface area (Å²) in [6, 6.07) is 10.6. The number of rotatable bonds is 6. The van der Waals surface area contributed by atoms with Crippen LogP contribution in [0.2, 0.25) is 0 Å². The van der Waals surface area contributed by atoms with Crippen LogP contribution < -0.4 is 5.32 Å². The average molecular weight is 459 g/mol. The topological polar surface area (TPSA) is 53.9 Å². The minimum Gasteiger partial charge on any atom is -0.469 e. The van der Waals surface area contributed by atoms with Crippen LogP contribution in [0.5, 0.6) is 0 Å². The van der Waals surface area contributed by atoms with Gasteiger partial charge >= 0.3 is 5.97 Å². The number of carbonyl (C=O) groups is 1. The predicted molar refractivity (Wildman–Crippen MR) is 112 cm³/mol. The molecule has 1 fully saturated rings. The van der Waals surface area contributed by atoms with Gasteiger partial charge in [0, 0.05) is 19.6 Å². The lowest BCUT2D eigenvalue weighted by atomic mass is 9.99. The van der Waals surface area contributed by atoms with Crippen LogP contribution in [-0.2, 0) is 16.0 Å². The Hall–Kier alpha value is -1.31. The van der Waals surface area contributed by atoms with E-state index in [1.165, 1.54) is 19.1 Å². The van der Waals surface area contributed by atoms with Crippen LogP contribution in [0.3, 0.4) is 0 Å². The number of ether oxygens (including phenoxy) is 1. The average Bonchev–Trinajstić information content (AvgIpc) is 3.06. The highest BCUT2D eigenvalue weighted by Gasteiger charge is 2.25. The van der Waals surface area contributed by atoms with E-state index >= 15 is 0 Å². The van der Waals surface area contributed by atoms with Crippen molar-refractivity contribution in [3.05, 3.63) is 35.9 Å². The van der Waals surface area contributed by atoms with Crippen molar-refractivity contribution in [3.63, 3.8) is 0 Å². The fourth-order valence-corrected chi connectivity index (χ4v) is 3.06. The quantitative estimate of drug-likeness (QED) is 0.308. The lowest BCUT2D eigenvalue weighted by Crippen LogP contribution is -2.40. The van der Waals surface area contributed by atoms with E-state index in [1.54, 1.807) is 0 Å². The molecular formula is C19H30IN3O2. The zero-order valence-corrected chi connectivity index (χ0v) is 17.7. The van der Waals surface area contributed by atoms with E-state index in [1.807, 2.05) is 6.92 Å². The molecule has 1 aliphatic heterocycles. The number of nitrogens with one attached hydrogen (secondary N) is 1. The van der Waals surface area contributed by atoms with Gasteiger partial charge in [-0.15, -0.1) is 24.0 Å². The van der Waals surface area contributed by atoms with E-state index < -0.39 is 0 Å². The van der Waals surface area contributed by atoms with Crippen molar-refractivity contribution in [1.82, 2.24) is 10.2 Å². The van der Waals surface area contributed by atoms with E-state index in [-0.39, 0.29) is 35.9 Å². The van der Waals surface area contributed by atoms with Crippen molar-refractivity contribution in [3.8, 4) is 0 Å². The lowest BCUT2D eigenvalue weighted by Gasteiger charge is -2.22. The maximum Gasteiger partial charge on any atom is 0.310 e. The van der Waals surface area contributed by atoms with Crippen LogP contribution in [0.4, 0.5) is 0 Å². The molecule has 5 nitrogen and oxygen atoms in total. The van der Waals surface area contributed by atoms with Crippen molar-refractivity contribution in [2.75, 3.05) is 33.3 Å². The number of carbonyl (C=O) groups excluding carboxylic acids is 1. The number of halogens is 1. The normalized spacial score (nSPS) is 18.4. The molecule has 6 heteroatoms. The summed E-state index contributed by atoms with van der Waals surface area (Å²) in [5.74, 6) is 1.13. The second kappa shape index (κ2) is 11.3. The monoisotopic (exact) mass is 459 g/mol. The van der Waals surface area contributed by atoms with Gasteiger partial charge in [0.05, 0.1) is 19.6 Å². The molecule has 25 heavy (non-hydrogen) atoms. The number of nitrogens with zero attached hydrogens (tertiary/aromatic N) is 2. The van der Waals surface area contributed by atoms with Gasteiger partial charge in [-0.3, -0.25) is 9.79 Å². The van der Waals surface area contributed by atoms with Crippen LogP contribution in [0.15, 0.2) is 35.3 Å². The van der Waals surface area contributed by atoms with Gasteiger partial charge in [-0.25, -0.2) is 0 Å². The molecule has 0 radical (unpaired) electrons. The van der Waals surface area contributed by atoms with Crippen molar-refractivity contribution in [1.29, 1.82) is 0 Å². The first-order valence-electron chi connectivity index (χ1n) is 8.79. The van der Waals surface area contributed by atoms with Crippen LogP contribution in [-0.4, -0.2) is 50.1 Å². The third-order valence-electron chi connectivity index (χ3n) is 4.41. The van der Waals surface area contributed by atoms with Crippen LogP contribution >= 0.6 is 24.0 Å². The molecule has 1 aromatic carbocycles.